The summed E-state index contributed by atoms with van der Waals surface area (Å²) < 4.78 is 0. The Kier molecular flexibility index (Phi) is 9.28. The topological polar surface area (TPSA) is 61.4 Å². The Hall–Kier alpha value is -2.08. The van der Waals surface area contributed by atoms with Crippen LogP contribution in [-0.2, 0) is 16.0 Å². The molecule has 150 valence electrons. The Labute approximate surface area is 176 Å². The van der Waals surface area contributed by atoms with Crippen molar-refractivity contribution in [2.45, 2.75) is 19.8 Å². The van der Waals surface area contributed by atoms with Crippen LogP contribution in [0.4, 0.5) is 5.69 Å². The van der Waals surface area contributed by atoms with Gasteiger partial charge in [-0.3, -0.25) is 14.5 Å². The molecule has 2 rings (SSSR count). The van der Waals surface area contributed by atoms with Crippen LogP contribution in [-0.4, -0.2) is 42.9 Å². The summed E-state index contributed by atoms with van der Waals surface area (Å²) in [7, 11) is 0. The normalized spacial score (nSPS) is 10.7. The molecule has 0 radical (unpaired) electrons. The molecule has 0 fully saturated rings. The Bertz CT molecular complexity index is 784. The van der Waals surface area contributed by atoms with Gasteiger partial charge in [0.15, 0.2) is 0 Å². The minimum absolute atomic E-state index is 0.0956. The molecular formula is C21H25Cl2N3O2. The predicted molar refractivity (Wildman–Crippen MR) is 115 cm³/mol. The van der Waals surface area contributed by atoms with Gasteiger partial charge in [0.2, 0.25) is 11.8 Å². The van der Waals surface area contributed by atoms with E-state index in [2.05, 4.69) is 10.6 Å². The number of halogens is 2. The van der Waals surface area contributed by atoms with Crippen LogP contribution in [0.3, 0.4) is 0 Å². The molecule has 2 aromatic rings. The molecule has 0 spiro atoms. The summed E-state index contributed by atoms with van der Waals surface area (Å²) in [6, 6.07) is 14.9. The molecular weight excluding hydrogens is 397 g/mol. The number of nitrogens with one attached hydrogen (secondary N) is 2. The van der Waals surface area contributed by atoms with Gasteiger partial charge >= 0.3 is 0 Å². The smallest absolute Gasteiger partial charge is 0.238 e. The molecule has 0 saturated heterocycles. The maximum absolute atomic E-state index is 12.3. The van der Waals surface area contributed by atoms with Crippen molar-refractivity contribution >= 4 is 40.7 Å². The van der Waals surface area contributed by atoms with Crippen molar-refractivity contribution in [3.8, 4) is 0 Å². The Morgan fingerprint density at radius 1 is 1.00 bits per heavy atom. The summed E-state index contributed by atoms with van der Waals surface area (Å²) in [4.78, 5) is 26.4. The molecule has 5 nitrogen and oxygen atoms in total. The van der Waals surface area contributed by atoms with Crippen LogP contribution in [0.1, 0.15) is 18.9 Å². The third-order valence-corrected chi connectivity index (χ3v) is 4.61. The molecule has 2 amide bonds. The van der Waals surface area contributed by atoms with E-state index in [9.17, 15) is 9.59 Å². The van der Waals surface area contributed by atoms with Gasteiger partial charge in [-0.25, -0.2) is 0 Å². The van der Waals surface area contributed by atoms with Gasteiger partial charge in [0.1, 0.15) is 0 Å². The number of carbonyl (C=O) groups excluding carboxylic acids is 2. The molecule has 0 unspecified atom stereocenters. The van der Waals surface area contributed by atoms with Gasteiger partial charge in [-0.05, 0) is 43.1 Å². The first-order valence-corrected chi connectivity index (χ1v) is 10.0. The summed E-state index contributed by atoms with van der Waals surface area (Å²) in [6.45, 7) is 3.50. The molecule has 0 aliphatic carbocycles. The van der Waals surface area contributed by atoms with E-state index in [1.54, 1.807) is 18.2 Å². The van der Waals surface area contributed by atoms with E-state index in [-0.39, 0.29) is 24.9 Å². The molecule has 0 heterocycles. The largest absolute Gasteiger partial charge is 0.355 e. The molecule has 0 aliphatic rings. The van der Waals surface area contributed by atoms with Crippen LogP contribution < -0.4 is 10.6 Å². The quantitative estimate of drug-likeness (QED) is 0.609. The Morgan fingerprint density at radius 3 is 2.39 bits per heavy atom. The minimum atomic E-state index is -0.227. The third-order valence-electron chi connectivity index (χ3n) is 4.06. The third kappa shape index (κ3) is 7.89. The zero-order chi connectivity index (χ0) is 20.4. The van der Waals surface area contributed by atoms with Gasteiger partial charge in [-0.1, -0.05) is 60.5 Å². The van der Waals surface area contributed by atoms with Gasteiger partial charge in [-0.2, -0.15) is 0 Å². The molecule has 0 bridgehead atoms. The van der Waals surface area contributed by atoms with E-state index < -0.39 is 0 Å². The van der Waals surface area contributed by atoms with Crippen LogP contribution >= 0.6 is 23.2 Å². The van der Waals surface area contributed by atoms with E-state index in [1.807, 2.05) is 42.2 Å². The maximum atomic E-state index is 12.3. The van der Waals surface area contributed by atoms with Crippen LogP contribution in [0.2, 0.25) is 10.0 Å². The van der Waals surface area contributed by atoms with Crippen molar-refractivity contribution in [2.24, 2.45) is 0 Å². The molecule has 0 saturated carbocycles. The highest BCUT2D eigenvalue weighted by atomic mass is 35.5. The van der Waals surface area contributed by atoms with Crippen LogP contribution in [0.25, 0.3) is 0 Å². The number of amides is 2. The Morgan fingerprint density at radius 2 is 1.71 bits per heavy atom. The van der Waals surface area contributed by atoms with Crippen molar-refractivity contribution in [1.29, 1.82) is 0 Å². The highest BCUT2D eigenvalue weighted by Gasteiger charge is 2.15. The first-order chi connectivity index (χ1) is 13.5. The lowest BCUT2D eigenvalue weighted by molar-refractivity contribution is -0.123. The molecule has 0 aliphatic heterocycles. The van der Waals surface area contributed by atoms with Gasteiger partial charge in [0.25, 0.3) is 0 Å². The molecule has 0 aromatic heterocycles. The fourth-order valence-corrected chi connectivity index (χ4v) is 3.22. The van der Waals surface area contributed by atoms with Gasteiger partial charge in [-0.15, -0.1) is 0 Å². The highest BCUT2D eigenvalue weighted by molar-refractivity contribution is 6.36. The van der Waals surface area contributed by atoms with Gasteiger partial charge in [0.05, 0.1) is 23.8 Å². The second-order valence-corrected chi connectivity index (χ2v) is 7.31. The lowest BCUT2D eigenvalue weighted by Gasteiger charge is -2.21. The molecule has 2 aromatic carbocycles. The van der Waals surface area contributed by atoms with Crippen LogP contribution in [0.15, 0.2) is 48.5 Å². The lowest BCUT2D eigenvalue weighted by Crippen LogP contribution is -2.42. The van der Waals surface area contributed by atoms with E-state index >= 15 is 0 Å². The van der Waals surface area contributed by atoms with Crippen molar-refractivity contribution in [1.82, 2.24) is 10.2 Å². The van der Waals surface area contributed by atoms with Crippen LogP contribution in [0.5, 0.6) is 0 Å². The lowest BCUT2D eigenvalue weighted by atomic mass is 10.1. The zero-order valence-corrected chi connectivity index (χ0v) is 17.4. The highest BCUT2D eigenvalue weighted by Crippen LogP contribution is 2.25. The molecule has 28 heavy (non-hydrogen) atoms. The van der Waals surface area contributed by atoms with Gasteiger partial charge in [0, 0.05) is 11.6 Å². The minimum Gasteiger partial charge on any atom is -0.355 e. The first-order valence-electron chi connectivity index (χ1n) is 9.25. The number of benzene rings is 2. The second kappa shape index (κ2) is 11.7. The molecule has 7 heteroatoms. The molecule has 0 atom stereocenters. The SMILES string of the molecule is CCCN(CC(=O)NCCc1ccccc1)CC(=O)Nc1ccc(Cl)cc1Cl. The number of hydrogen-bond donors (Lipinski definition) is 2. The summed E-state index contributed by atoms with van der Waals surface area (Å²) in [5, 5.41) is 6.55. The van der Waals surface area contributed by atoms with Crippen molar-refractivity contribution in [3.05, 3.63) is 64.1 Å². The predicted octanol–water partition coefficient (Wildman–Crippen LogP) is 4.00. The first kappa shape index (κ1) is 22.2. The molecule has 2 N–H and O–H groups in total. The average Bonchev–Trinajstić information content (AvgIpc) is 2.65. The van der Waals surface area contributed by atoms with Crippen molar-refractivity contribution in [2.75, 3.05) is 31.5 Å². The van der Waals surface area contributed by atoms with Crippen molar-refractivity contribution < 1.29 is 9.59 Å². The number of hydrogen-bond acceptors (Lipinski definition) is 3. The summed E-state index contributed by atoms with van der Waals surface area (Å²) in [5.74, 6) is -0.323. The standard InChI is InChI=1S/C21H25Cl2N3O2/c1-2-12-26(14-20(27)24-11-10-16-6-4-3-5-7-16)15-21(28)25-19-9-8-17(22)13-18(19)23/h3-9,13H,2,10-12,14-15H2,1H3,(H,24,27)(H,25,28). The number of nitrogens with zero attached hydrogens (tertiary/aromatic N) is 1. The van der Waals surface area contributed by atoms with E-state index in [4.69, 9.17) is 23.2 Å². The monoisotopic (exact) mass is 421 g/mol. The number of rotatable bonds is 10. The summed E-state index contributed by atoms with van der Waals surface area (Å²) in [5.41, 5.74) is 1.67. The zero-order valence-electron chi connectivity index (χ0n) is 15.9. The second-order valence-electron chi connectivity index (χ2n) is 6.47. The van der Waals surface area contributed by atoms with Crippen LogP contribution in [0, 0.1) is 0 Å². The van der Waals surface area contributed by atoms with E-state index in [0.717, 1.165) is 12.8 Å². The maximum Gasteiger partial charge on any atom is 0.238 e. The fraction of sp³-hybridized carbons (Fsp3) is 0.333. The fourth-order valence-electron chi connectivity index (χ4n) is 2.76. The number of anilines is 1. The van der Waals surface area contributed by atoms with Crippen molar-refractivity contribution in [3.63, 3.8) is 0 Å². The average molecular weight is 422 g/mol. The van der Waals surface area contributed by atoms with Gasteiger partial charge < -0.3 is 10.6 Å². The number of carbonyl (C=O) groups is 2. The summed E-state index contributed by atoms with van der Waals surface area (Å²) >= 11 is 12.0. The van der Waals surface area contributed by atoms with E-state index in [0.29, 0.717) is 28.8 Å². The Balaban J connectivity index is 1.80. The summed E-state index contributed by atoms with van der Waals surface area (Å²) in [6.07, 6.45) is 1.61. The van der Waals surface area contributed by atoms with E-state index in [1.165, 1.54) is 5.56 Å².